The van der Waals surface area contributed by atoms with Crippen molar-refractivity contribution >= 4 is 10.8 Å². The molecule has 1 saturated carbocycles. The van der Waals surface area contributed by atoms with Crippen LogP contribution in [0, 0.1) is 23.6 Å². The van der Waals surface area contributed by atoms with Crippen LogP contribution in [0.3, 0.4) is 0 Å². The van der Waals surface area contributed by atoms with Gasteiger partial charge >= 0.3 is 0 Å². The van der Waals surface area contributed by atoms with Gasteiger partial charge in [-0.05, 0) is 85.1 Å². The van der Waals surface area contributed by atoms with Gasteiger partial charge in [-0.25, -0.2) is 4.39 Å². The van der Waals surface area contributed by atoms with Crippen LogP contribution < -0.4 is 0 Å². The Balaban J connectivity index is 1.39. The van der Waals surface area contributed by atoms with E-state index in [0.29, 0.717) is 16.9 Å². The van der Waals surface area contributed by atoms with Crippen LogP contribution in [-0.2, 0) is 6.42 Å². The molecular weight excluding hydrogens is 427 g/mol. The van der Waals surface area contributed by atoms with E-state index in [1.54, 1.807) is 0 Å². The number of hydrogen-bond donors (Lipinski definition) is 0. The maximum absolute atomic E-state index is 15.2. The molecule has 35 heavy (non-hydrogen) atoms. The second kappa shape index (κ2) is 12.9. The summed E-state index contributed by atoms with van der Waals surface area (Å²) in [6.45, 7) is 4.54. The van der Waals surface area contributed by atoms with E-state index in [4.69, 9.17) is 0 Å². The topological polar surface area (TPSA) is 0 Å². The van der Waals surface area contributed by atoms with Crippen molar-refractivity contribution in [3.8, 4) is 11.8 Å². The van der Waals surface area contributed by atoms with E-state index in [9.17, 15) is 0 Å². The summed E-state index contributed by atoms with van der Waals surface area (Å²) in [5, 5.41) is 1.64. The molecule has 1 aliphatic rings. The average Bonchev–Trinajstić information content (AvgIpc) is 2.89. The van der Waals surface area contributed by atoms with E-state index in [1.807, 2.05) is 18.2 Å². The summed E-state index contributed by atoms with van der Waals surface area (Å²) >= 11 is 0. The predicted molar refractivity (Wildman–Crippen MR) is 148 cm³/mol. The molecule has 0 aromatic heterocycles. The first-order valence-corrected chi connectivity index (χ1v) is 14.0. The molecule has 3 aromatic carbocycles. The summed E-state index contributed by atoms with van der Waals surface area (Å²) in [6, 6.07) is 18.7. The minimum absolute atomic E-state index is 0.204. The van der Waals surface area contributed by atoms with Gasteiger partial charge in [0.25, 0.3) is 0 Å². The molecule has 0 unspecified atom stereocenters. The van der Waals surface area contributed by atoms with E-state index in [-0.39, 0.29) is 5.82 Å². The monoisotopic (exact) mass is 468 g/mol. The van der Waals surface area contributed by atoms with Crippen LogP contribution in [0.4, 0.5) is 4.39 Å². The molecule has 4 rings (SSSR count). The highest BCUT2D eigenvalue weighted by Gasteiger charge is 2.21. The Kier molecular flexibility index (Phi) is 9.42. The molecule has 0 amide bonds. The molecule has 1 aliphatic carbocycles. The molecule has 0 atom stereocenters. The van der Waals surface area contributed by atoms with Gasteiger partial charge in [0.15, 0.2) is 0 Å². The van der Waals surface area contributed by atoms with Crippen LogP contribution in [0.5, 0.6) is 0 Å². The zero-order valence-electron chi connectivity index (χ0n) is 21.7. The standard InChI is InChI=1S/C34H41F/c1-3-5-6-7-8-10-28-16-24-33-32(25-28)23-22-31(34(33)35)21-15-27-13-19-30(20-14-27)29-17-11-26(9-4-2)12-18-29/h13-14,16,19-20,22-26,29H,3-12,17-18H2,1-2H3. The fraction of sp³-hybridized carbons (Fsp3) is 0.471. The van der Waals surface area contributed by atoms with Crippen LogP contribution in [0.25, 0.3) is 10.8 Å². The van der Waals surface area contributed by atoms with Gasteiger partial charge in [-0.2, -0.15) is 0 Å². The quantitative estimate of drug-likeness (QED) is 0.216. The summed E-state index contributed by atoms with van der Waals surface area (Å²) in [5.74, 6) is 7.68. The molecule has 0 N–H and O–H groups in total. The zero-order valence-corrected chi connectivity index (χ0v) is 21.7. The number of hydrogen-bond acceptors (Lipinski definition) is 0. The molecule has 3 aromatic rings. The van der Waals surface area contributed by atoms with Gasteiger partial charge in [0, 0.05) is 10.9 Å². The molecule has 0 heterocycles. The van der Waals surface area contributed by atoms with Gasteiger partial charge in [0.05, 0.1) is 5.56 Å². The molecule has 1 fully saturated rings. The van der Waals surface area contributed by atoms with Crippen molar-refractivity contribution in [2.75, 3.05) is 0 Å². The number of benzene rings is 3. The van der Waals surface area contributed by atoms with Gasteiger partial charge in [-0.1, -0.05) is 101 Å². The summed E-state index contributed by atoms with van der Waals surface area (Å²) in [7, 11) is 0. The Morgan fingerprint density at radius 2 is 1.54 bits per heavy atom. The van der Waals surface area contributed by atoms with Crippen LogP contribution in [0.15, 0.2) is 54.6 Å². The van der Waals surface area contributed by atoms with Gasteiger partial charge in [0.1, 0.15) is 5.82 Å². The highest BCUT2D eigenvalue weighted by Crippen LogP contribution is 2.37. The third-order valence-electron chi connectivity index (χ3n) is 7.85. The lowest BCUT2D eigenvalue weighted by Gasteiger charge is -2.28. The fourth-order valence-electron chi connectivity index (χ4n) is 5.70. The maximum atomic E-state index is 15.2. The summed E-state index contributed by atoms with van der Waals surface area (Å²) in [6.07, 6.45) is 15.5. The lowest BCUT2D eigenvalue weighted by molar-refractivity contribution is 0.308. The summed E-state index contributed by atoms with van der Waals surface area (Å²) in [5.41, 5.74) is 4.16. The van der Waals surface area contributed by atoms with E-state index < -0.39 is 0 Å². The van der Waals surface area contributed by atoms with E-state index in [1.165, 1.54) is 81.8 Å². The highest BCUT2D eigenvalue weighted by molar-refractivity contribution is 5.85. The van der Waals surface area contributed by atoms with Gasteiger partial charge < -0.3 is 0 Å². The van der Waals surface area contributed by atoms with Crippen molar-refractivity contribution < 1.29 is 4.39 Å². The predicted octanol–water partition coefficient (Wildman–Crippen LogP) is 9.97. The summed E-state index contributed by atoms with van der Waals surface area (Å²) in [4.78, 5) is 0. The normalized spacial score (nSPS) is 17.8. The van der Waals surface area contributed by atoms with Crippen molar-refractivity contribution in [1.29, 1.82) is 0 Å². The van der Waals surface area contributed by atoms with Crippen molar-refractivity contribution in [2.24, 2.45) is 5.92 Å². The first-order chi connectivity index (χ1) is 17.2. The van der Waals surface area contributed by atoms with Crippen LogP contribution >= 0.6 is 0 Å². The minimum Gasteiger partial charge on any atom is -0.205 e. The molecule has 184 valence electrons. The van der Waals surface area contributed by atoms with Gasteiger partial charge in [0.2, 0.25) is 0 Å². The molecule has 0 saturated heterocycles. The first-order valence-electron chi connectivity index (χ1n) is 14.0. The Hall–Kier alpha value is -2.59. The van der Waals surface area contributed by atoms with E-state index in [2.05, 4.69) is 62.1 Å². The Morgan fingerprint density at radius 1 is 0.771 bits per heavy atom. The molecule has 0 bridgehead atoms. The van der Waals surface area contributed by atoms with Crippen molar-refractivity contribution in [1.82, 2.24) is 0 Å². The molecule has 0 nitrogen and oxygen atoms in total. The highest BCUT2D eigenvalue weighted by atomic mass is 19.1. The zero-order chi connectivity index (χ0) is 24.5. The Morgan fingerprint density at radius 3 is 2.29 bits per heavy atom. The maximum Gasteiger partial charge on any atom is 0.146 e. The lowest BCUT2D eigenvalue weighted by Crippen LogP contribution is -2.13. The Bertz CT molecular complexity index is 1140. The average molecular weight is 469 g/mol. The number of rotatable bonds is 9. The SMILES string of the molecule is CCCCCCCc1ccc2c(F)c(C#Cc3ccc(C4CCC(CCC)CC4)cc3)ccc2c1. The fourth-order valence-corrected chi connectivity index (χ4v) is 5.70. The third-order valence-corrected chi connectivity index (χ3v) is 7.85. The molecule has 0 spiro atoms. The van der Waals surface area contributed by atoms with Crippen LogP contribution in [0.2, 0.25) is 0 Å². The van der Waals surface area contributed by atoms with Crippen molar-refractivity contribution in [3.63, 3.8) is 0 Å². The smallest absolute Gasteiger partial charge is 0.146 e. The van der Waals surface area contributed by atoms with Crippen molar-refractivity contribution in [3.05, 3.63) is 82.7 Å². The Labute approximate surface area is 212 Å². The molecule has 0 aliphatic heterocycles. The molecule has 0 radical (unpaired) electrons. The third kappa shape index (κ3) is 6.98. The molecular formula is C34H41F. The van der Waals surface area contributed by atoms with Crippen molar-refractivity contribution in [2.45, 2.75) is 96.8 Å². The number of fused-ring (bicyclic) bond motifs is 1. The second-order valence-electron chi connectivity index (χ2n) is 10.5. The largest absolute Gasteiger partial charge is 0.205 e. The van der Waals surface area contributed by atoms with Crippen LogP contribution in [-0.4, -0.2) is 0 Å². The second-order valence-corrected chi connectivity index (χ2v) is 10.5. The first kappa shape index (κ1) is 25.5. The minimum atomic E-state index is -0.204. The van der Waals surface area contributed by atoms with Crippen LogP contribution in [0.1, 0.15) is 113 Å². The number of unbranched alkanes of at least 4 members (excludes halogenated alkanes) is 4. The van der Waals surface area contributed by atoms with E-state index in [0.717, 1.165) is 23.3 Å². The van der Waals surface area contributed by atoms with Gasteiger partial charge in [-0.3, -0.25) is 0 Å². The number of aryl methyl sites for hydroxylation is 1. The lowest BCUT2D eigenvalue weighted by atomic mass is 9.77. The summed E-state index contributed by atoms with van der Waals surface area (Å²) < 4.78 is 15.2. The number of halogens is 1. The van der Waals surface area contributed by atoms with Gasteiger partial charge in [-0.15, -0.1) is 0 Å². The molecule has 1 heteroatoms. The van der Waals surface area contributed by atoms with E-state index >= 15 is 4.39 Å².